The SMILES string of the molecule is CC(=O)CCC(=O)[O-].CC(=O)CCC(=O)[O-].CC(=O)CCC(=O)[O-].[La+3]. The Balaban J connectivity index is -0.000000130. The van der Waals surface area contributed by atoms with Crippen LogP contribution in [-0.2, 0) is 28.8 Å². The molecule has 0 aliphatic rings. The van der Waals surface area contributed by atoms with Crippen LogP contribution in [-0.4, -0.2) is 35.3 Å². The van der Waals surface area contributed by atoms with Crippen LogP contribution in [0.5, 0.6) is 0 Å². The standard InChI is InChI=1S/3C5H8O3.La/c3*1-4(6)2-3-5(7)8;/h3*2-3H2,1H3,(H,7,8);/q;;;+3/p-3. The molecule has 138 valence electrons. The second-order valence-corrected chi connectivity index (χ2v) is 4.72. The number of aliphatic carboxylic acids is 3. The predicted molar refractivity (Wildman–Crippen MR) is 74.8 cm³/mol. The molecule has 0 radical (unpaired) electrons. The maximum atomic E-state index is 10.1. The van der Waals surface area contributed by atoms with Gasteiger partial charge in [-0.05, 0) is 40.0 Å². The minimum absolute atomic E-state index is 0. The van der Waals surface area contributed by atoms with E-state index in [1.807, 2.05) is 0 Å². The monoisotopic (exact) mass is 484 g/mol. The van der Waals surface area contributed by atoms with Crippen LogP contribution >= 0.6 is 0 Å². The quantitative estimate of drug-likeness (QED) is 0.338. The summed E-state index contributed by atoms with van der Waals surface area (Å²) in [6.07, 6.45) is -0.215. The molecule has 0 aliphatic heterocycles. The Hall–Kier alpha value is -1.39. The molecule has 0 heterocycles. The van der Waals surface area contributed by atoms with Crippen molar-refractivity contribution in [3.05, 3.63) is 0 Å². The Labute approximate surface area is 173 Å². The number of hydrogen-bond donors (Lipinski definition) is 0. The van der Waals surface area contributed by atoms with E-state index in [9.17, 15) is 44.1 Å². The molecule has 0 spiro atoms. The molecule has 0 saturated heterocycles. The molecule has 0 aromatic heterocycles. The average Bonchev–Trinajstić information content (AvgIpc) is 2.42. The molecule has 9 nitrogen and oxygen atoms in total. The number of carboxylic acids is 3. The number of carboxylic acid groups (broad SMARTS) is 3. The molecule has 0 saturated carbocycles. The summed E-state index contributed by atoms with van der Waals surface area (Å²) in [5.41, 5.74) is 0. The minimum Gasteiger partial charge on any atom is -0.550 e. The first-order valence-electron chi connectivity index (χ1n) is 6.96. The summed E-state index contributed by atoms with van der Waals surface area (Å²) in [5.74, 6) is -3.85. The van der Waals surface area contributed by atoms with Crippen LogP contribution in [0.1, 0.15) is 59.3 Å². The fourth-order valence-corrected chi connectivity index (χ4v) is 0.834. The van der Waals surface area contributed by atoms with Gasteiger partial charge in [-0.1, -0.05) is 0 Å². The molecule has 0 amide bonds. The van der Waals surface area contributed by atoms with Crippen LogP contribution in [0.25, 0.3) is 0 Å². The number of ketones is 3. The van der Waals surface area contributed by atoms with Gasteiger partial charge in [0.2, 0.25) is 0 Å². The minimum atomic E-state index is -1.17. The zero-order valence-electron chi connectivity index (χ0n) is 14.5. The summed E-state index contributed by atoms with van der Waals surface area (Å²) in [6, 6.07) is 0. The second-order valence-electron chi connectivity index (χ2n) is 4.72. The van der Waals surface area contributed by atoms with Crippen LogP contribution in [0, 0.1) is 35.6 Å². The number of hydrogen-bond acceptors (Lipinski definition) is 9. The Morgan fingerprint density at radius 3 is 0.680 bits per heavy atom. The van der Waals surface area contributed by atoms with E-state index in [0.717, 1.165) is 0 Å². The molecular weight excluding hydrogens is 463 g/mol. The van der Waals surface area contributed by atoms with Crippen LogP contribution < -0.4 is 15.3 Å². The van der Waals surface area contributed by atoms with Crippen molar-refractivity contribution in [2.75, 3.05) is 0 Å². The van der Waals surface area contributed by atoms with E-state index in [1.165, 1.54) is 20.8 Å². The van der Waals surface area contributed by atoms with E-state index < -0.39 is 17.9 Å². The zero-order valence-corrected chi connectivity index (χ0v) is 18.1. The molecule has 0 aromatic carbocycles. The molecule has 0 atom stereocenters. The van der Waals surface area contributed by atoms with E-state index in [4.69, 9.17) is 0 Å². The van der Waals surface area contributed by atoms with Gasteiger partial charge in [0.25, 0.3) is 0 Å². The van der Waals surface area contributed by atoms with Crippen molar-refractivity contribution in [3.8, 4) is 0 Å². The van der Waals surface area contributed by atoms with Crippen LogP contribution in [0.4, 0.5) is 0 Å². The fourth-order valence-electron chi connectivity index (χ4n) is 0.834. The van der Waals surface area contributed by atoms with Gasteiger partial charge in [-0.3, -0.25) is 0 Å². The maximum Gasteiger partial charge on any atom is 3.00 e. The van der Waals surface area contributed by atoms with Crippen LogP contribution in [0.15, 0.2) is 0 Å². The molecule has 0 rings (SSSR count). The number of rotatable bonds is 9. The first kappa shape index (κ1) is 31.4. The Morgan fingerprint density at radius 1 is 0.480 bits per heavy atom. The third kappa shape index (κ3) is 51.8. The van der Waals surface area contributed by atoms with Crippen molar-refractivity contribution in [1.82, 2.24) is 0 Å². The Bertz CT molecular complexity index is 349. The van der Waals surface area contributed by atoms with Gasteiger partial charge in [0.15, 0.2) is 0 Å². The van der Waals surface area contributed by atoms with Crippen molar-refractivity contribution in [1.29, 1.82) is 0 Å². The summed E-state index contributed by atoms with van der Waals surface area (Å²) in [7, 11) is 0. The van der Waals surface area contributed by atoms with E-state index in [-0.39, 0.29) is 91.5 Å². The molecule has 10 heteroatoms. The summed E-state index contributed by atoms with van der Waals surface area (Å²) in [6.45, 7) is 4.05. The molecule has 0 fully saturated rings. The van der Waals surface area contributed by atoms with Crippen molar-refractivity contribution in [3.63, 3.8) is 0 Å². The van der Waals surface area contributed by atoms with Crippen molar-refractivity contribution in [2.24, 2.45) is 0 Å². The zero-order chi connectivity index (χ0) is 19.7. The van der Waals surface area contributed by atoms with Gasteiger partial charge in [0.05, 0.1) is 0 Å². The molecule has 0 bridgehead atoms. The van der Waals surface area contributed by atoms with Gasteiger partial charge in [-0.2, -0.15) is 0 Å². The third-order valence-electron chi connectivity index (χ3n) is 2.04. The van der Waals surface area contributed by atoms with Gasteiger partial charge in [0, 0.05) is 37.2 Å². The van der Waals surface area contributed by atoms with E-state index in [1.54, 1.807) is 0 Å². The predicted octanol–water partition coefficient (Wildman–Crippen LogP) is -2.68. The van der Waals surface area contributed by atoms with Gasteiger partial charge in [-0.15, -0.1) is 0 Å². The molecule has 0 unspecified atom stereocenters. The van der Waals surface area contributed by atoms with E-state index in [2.05, 4.69) is 0 Å². The second kappa shape index (κ2) is 20.7. The summed E-state index contributed by atoms with van der Waals surface area (Å²) >= 11 is 0. The van der Waals surface area contributed by atoms with E-state index >= 15 is 0 Å². The molecule has 0 aliphatic carbocycles. The topological polar surface area (TPSA) is 172 Å². The average molecular weight is 484 g/mol. The van der Waals surface area contributed by atoms with E-state index in [0.29, 0.717) is 0 Å². The summed E-state index contributed by atoms with van der Waals surface area (Å²) in [5, 5.41) is 28.9. The summed E-state index contributed by atoms with van der Waals surface area (Å²) < 4.78 is 0. The molecule has 0 N–H and O–H groups in total. The van der Waals surface area contributed by atoms with Gasteiger partial charge >= 0.3 is 35.6 Å². The smallest absolute Gasteiger partial charge is 0.550 e. The summed E-state index contributed by atoms with van der Waals surface area (Å²) in [4.78, 5) is 59.1. The normalized spacial score (nSPS) is 8.28. The first-order chi connectivity index (χ1) is 10.9. The Morgan fingerprint density at radius 2 is 0.640 bits per heavy atom. The van der Waals surface area contributed by atoms with Crippen LogP contribution in [0.3, 0.4) is 0 Å². The van der Waals surface area contributed by atoms with Crippen molar-refractivity contribution in [2.45, 2.75) is 59.3 Å². The number of Topliss-reactive ketones (excluding diaryl/α,β-unsaturated/α-hetero) is 3. The fraction of sp³-hybridized carbons (Fsp3) is 0.600. The van der Waals surface area contributed by atoms with Crippen molar-refractivity contribution >= 4 is 35.3 Å². The molecule has 0 aromatic rings. The van der Waals surface area contributed by atoms with Gasteiger partial charge in [0.1, 0.15) is 17.3 Å². The van der Waals surface area contributed by atoms with Crippen molar-refractivity contribution < 1.29 is 79.7 Å². The Kier molecular flexibility index (Phi) is 25.9. The molecule has 25 heavy (non-hydrogen) atoms. The maximum absolute atomic E-state index is 10.1. The molecular formula is C15H21LaO9. The third-order valence-corrected chi connectivity index (χ3v) is 2.04. The first-order valence-corrected chi connectivity index (χ1v) is 6.96. The number of carbonyl (C=O) groups is 6. The van der Waals surface area contributed by atoms with Crippen LogP contribution in [0.2, 0.25) is 0 Å². The van der Waals surface area contributed by atoms with Gasteiger partial charge in [-0.25, -0.2) is 0 Å². The number of carbonyl (C=O) groups excluding carboxylic acids is 6. The van der Waals surface area contributed by atoms with Gasteiger partial charge < -0.3 is 44.1 Å². The largest absolute Gasteiger partial charge is 3.00 e.